The van der Waals surface area contributed by atoms with Crippen LogP contribution < -0.4 is 10.1 Å². The van der Waals surface area contributed by atoms with Crippen LogP contribution >= 0.6 is 11.3 Å². The molecule has 1 aromatic heterocycles. The van der Waals surface area contributed by atoms with Crippen molar-refractivity contribution in [3.8, 4) is 5.75 Å². The molecule has 8 heteroatoms. The first-order chi connectivity index (χ1) is 14.1. The highest BCUT2D eigenvalue weighted by Crippen LogP contribution is 2.30. The van der Waals surface area contributed by atoms with E-state index in [0.717, 1.165) is 50.2 Å². The SMILES string of the molecule is COc1cccc(Nc2nc(C(=O)N(CCC(=O)N3CCCC3)C3CC3)cs2)c1. The zero-order chi connectivity index (χ0) is 20.2. The predicted octanol–water partition coefficient (Wildman–Crippen LogP) is 3.51. The van der Waals surface area contributed by atoms with Crippen LogP contribution in [0, 0.1) is 0 Å². The first kappa shape index (κ1) is 19.7. The van der Waals surface area contributed by atoms with E-state index in [1.807, 2.05) is 34.1 Å². The smallest absolute Gasteiger partial charge is 0.273 e. The van der Waals surface area contributed by atoms with Crippen LogP contribution in [-0.2, 0) is 4.79 Å². The molecule has 154 valence electrons. The number of likely N-dealkylation sites (tertiary alicyclic amines) is 1. The summed E-state index contributed by atoms with van der Waals surface area (Å²) in [7, 11) is 1.63. The summed E-state index contributed by atoms with van der Waals surface area (Å²) >= 11 is 1.39. The Morgan fingerprint density at radius 3 is 2.83 bits per heavy atom. The fourth-order valence-corrected chi connectivity index (χ4v) is 4.28. The molecule has 0 radical (unpaired) electrons. The third kappa shape index (κ3) is 4.87. The Morgan fingerprint density at radius 2 is 2.10 bits per heavy atom. The Labute approximate surface area is 174 Å². The second-order valence-electron chi connectivity index (χ2n) is 7.46. The molecule has 2 amide bonds. The van der Waals surface area contributed by atoms with Gasteiger partial charge < -0.3 is 19.9 Å². The molecule has 0 atom stereocenters. The molecule has 2 heterocycles. The van der Waals surface area contributed by atoms with E-state index in [4.69, 9.17) is 4.74 Å². The van der Waals surface area contributed by atoms with Crippen LogP contribution in [0.1, 0.15) is 42.6 Å². The molecule has 2 aromatic rings. The van der Waals surface area contributed by atoms with E-state index < -0.39 is 0 Å². The van der Waals surface area contributed by atoms with Crippen LogP contribution in [0.3, 0.4) is 0 Å². The number of methoxy groups -OCH3 is 1. The van der Waals surface area contributed by atoms with Crippen molar-refractivity contribution in [2.45, 2.75) is 38.1 Å². The summed E-state index contributed by atoms with van der Waals surface area (Å²) in [5, 5.41) is 5.66. The fraction of sp³-hybridized carbons (Fsp3) is 0.476. The fourth-order valence-electron chi connectivity index (χ4n) is 3.58. The number of carbonyl (C=O) groups excluding carboxylic acids is 2. The number of carbonyl (C=O) groups is 2. The zero-order valence-corrected chi connectivity index (χ0v) is 17.4. The Kier molecular flexibility index (Phi) is 5.99. The van der Waals surface area contributed by atoms with Crippen molar-refractivity contribution in [3.05, 3.63) is 35.3 Å². The van der Waals surface area contributed by atoms with Gasteiger partial charge in [0.25, 0.3) is 5.91 Å². The second kappa shape index (κ2) is 8.82. The van der Waals surface area contributed by atoms with Crippen LogP contribution in [0.2, 0.25) is 0 Å². The number of amides is 2. The summed E-state index contributed by atoms with van der Waals surface area (Å²) in [6.07, 6.45) is 4.56. The van der Waals surface area contributed by atoms with Crippen LogP contribution in [0.15, 0.2) is 29.6 Å². The Balaban J connectivity index is 1.38. The molecular formula is C21H26N4O3S. The standard InChI is InChI=1S/C21H26N4O3S/c1-28-17-6-4-5-15(13-17)22-21-23-18(14-29-21)20(27)25(16-7-8-16)12-9-19(26)24-10-2-3-11-24/h4-6,13-14,16H,2-3,7-12H2,1H3,(H,22,23). The van der Waals surface area contributed by atoms with E-state index >= 15 is 0 Å². The number of anilines is 2. The lowest BCUT2D eigenvalue weighted by atomic mass is 10.3. The molecular weight excluding hydrogens is 388 g/mol. The van der Waals surface area contributed by atoms with Gasteiger partial charge in [-0.15, -0.1) is 11.3 Å². The molecule has 1 N–H and O–H groups in total. The van der Waals surface area contributed by atoms with Crippen molar-refractivity contribution in [2.75, 3.05) is 32.1 Å². The van der Waals surface area contributed by atoms with Crippen molar-refractivity contribution in [1.82, 2.24) is 14.8 Å². The largest absolute Gasteiger partial charge is 0.497 e. The average Bonchev–Trinajstić information content (AvgIpc) is 3.22. The highest BCUT2D eigenvalue weighted by atomic mass is 32.1. The second-order valence-corrected chi connectivity index (χ2v) is 8.32. The van der Waals surface area contributed by atoms with E-state index in [1.165, 1.54) is 11.3 Å². The maximum atomic E-state index is 13.0. The number of rotatable bonds is 8. The minimum Gasteiger partial charge on any atom is -0.497 e. The van der Waals surface area contributed by atoms with Gasteiger partial charge in [0.1, 0.15) is 11.4 Å². The molecule has 1 saturated carbocycles. The summed E-state index contributed by atoms with van der Waals surface area (Å²) in [5.74, 6) is 0.821. The summed E-state index contributed by atoms with van der Waals surface area (Å²) in [6, 6.07) is 7.81. The molecule has 2 aliphatic rings. The molecule has 2 fully saturated rings. The summed E-state index contributed by atoms with van der Waals surface area (Å²) in [6.45, 7) is 2.16. The van der Waals surface area contributed by atoms with E-state index in [-0.39, 0.29) is 17.9 Å². The molecule has 1 aromatic carbocycles. The molecule has 0 spiro atoms. The van der Waals surface area contributed by atoms with Crippen molar-refractivity contribution in [3.63, 3.8) is 0 Å². The molecule has 0 bridgehead atoms. The maximum absolute atomic E-state index is 13.0. The normalized spacial score (nSPS) is 16.0. The Hall–Kier alpha value is -2.61. The average molecular weight is 415 g/mol. The first-order valence-corrected chi connectivity index (χ1v) is 11.0. The van der Waals surface area contributed by atoms with Gasteiger partial charge in [-0.05, 0) is 37.8 Å². The van der Waals surface area contributed by atoms with Gasteiger partial charge in [-0.1, -0.05) is 6.07 Å². The third-order valence-electron chi connectivity index (χ3n) is 5.32. The van der Waals surface area contributed by atoms with Crippen molar-refractivity contribution in [2.24, 2.45) is 0 Å². The van der Waals surface area contributed by atoms with Crippen LogP contribution in [-0.4, -0.2) is 59.4 Å². The number of nitrogens with zero attached hydrogens (tertiary/aromatic N) is 3. The highest BCUT2D eigenvalue weighted by molar-refractivity contribution is 7.14. The van der Waals surface area contributed by atoms with Gasteiger partial charge in [0.2, 0.25) is 5.91 Å². The quantitative estimate of drug-likeness (QED) is 0.715. The van der Waals surface area contributed by atoms with Gasteiger partial charge in [-0.25, -0.2) is 4.98 Å². The number of benzene rings is 1. The van der Waals surface area contributed by atoms with Gasteiger partial charge in [-0.2, -0.15) is 0 Å². The number of nitrogens with one attached hydrogen (secondary N) is 1. The van der Waals surface area contributed by atoms with Gasteiger partial charge in [0, 0.05) is 49.2 Å². The van der Waals surface area contributed by atoms with E-state index in [2.05, 4.69) is 10.3 Å². The van der Waals surface area contributed by atoms with Gasteiger partial charge >= 0.3 is 0 Å². The molecule has 1 aliphatic heterocycles. The van der Waals surface area contributed by atoms with E-state index in [9.17, 15) is 9.59 Å². The van der Waals surface area contributed by atoms with Crippen LogP contribution in [0.4, 0.5) is 10.8 Å². The third-order valence-corrected chi connectivity index (χ3v) is 6.08. The lowest BCUT2D eigenvalue weighted by Crippen LogP contribution is -2.37. The molecule has 29 heavy (non-hydrogen) atoms. The minimum absolute atomic E-state index is 0.0864. The maximum Gasteiger partial charge on any atom is 0.273 e. The van der Waals surface area contributed by atoms with Gasteiger partial charge in [0.05, 0.1) is 7.11 Å². The number of thiazole rings is 1. The Morgan fingerprint density at radius 1 is 1.31 bits per heavy atom. The number of ether oxygens (including phenoxy) is 1. The molecule has 1 saturated heterocycles. The molecule has 7 nitrogen and oxygen atoms in total. The number of hydrogen-bond acceptors (Lipinski definition) is 6. The lowest BCUT2D eigenvalue weighted by Gasteiger charge is -2.23. The van der Waals surface area contributed by atoms with Crippen molar-refractivity contribution in [1.29, 1.82) is 0 Å². The Bertz CT molecular complexity index is 874. The summed E-state index contributed by atoms with van der Waals surface area (Å²) in [5.41, 5.74) is 1.29. The monoisotopic (exact) mass is 414 g/mol. The number of hydrogen-bond donors (Lipinski definition) is 1. The van der Waals surface area contributed by atoms with Crippen LogP contribution in [0.25, 0.3) is 0 Å². The van der Waals surface area contributed by atoms with E-state index in [0.29, 0.717) is 23.8 Å². The first-order valence-electron chi connectivity index (χ1n) is 10.1. The topological polar surface area (TPSA) is 74.8 Å². The predicted molar refractivity (Wildman–Crippen MR) is 113 cm³/mol. The van der Waals surface area contributed by atoms with Crippen molar-refractivity contribution < 1.29 is 14.3 Å². The van der Waals surface area contributed by atoms with Crippen molar-refractivity contribution >= 4 is 34.0 Å². The van der Waals surface area contributed by atoms with E-state index in [1.54, 1.807) is 12.5 Å². The summed E-state index contributed by atoms with van der Waals surface area (Å²) in [4.78, 5) is 33.6. The lowest BCUT2D eigenvalue weighted by molar-refractivity contribution is -0.130. The minimum atomic E-state index is -0.0864. The van der Waals surface area contributed by atoms with Crippen LogP contribution in [0.5, 0.6) is 5.75 Å². The zero-order valence-electron chi connectivity index (χ0n) is 16.6. The highest BCUT2D eigenvalue weighted by Gasteiger charge is 2.34. The molecule has 1 aliphatic carbocycles. The molecule has 4 rings (SSSR count). The van der Waals surface area contributed by atoms with Gasteiger partial charge in [-0.3, -0.25) is 9.59 Å². The molecule has 0 unspecified atom stereocenters. The van der Waals surface area contributed by atoms with Gasteiger partial charge in [0.15, 0.2) is 5.13 Å². The number of aromatic nitrogens is 1. The summed E-state index contributed by atoms with van der Waals surface area (Å²) < 4.78 is 5.24.